The van der Waals surface area contributed by atoms with Gasteiger partial charge in [0.05, 0.1) is 12.3 Å². The summed E-state index contributed by atoms with van der Waals surface area (Å²) in [5.74, 6) is -1.82. The molecule has 1 aromatic heterocycles. The second-order valence-electron chi connectivity index (χ2n) is 3.74. The number of carboxylic acid groups (broad SMARTS) is 1. The van der Waals surface area contributed by atoms with Crippen LogP contribution in [0.25, 0.3) is 0 Å². The van der Waals surface area contributed by atoms with Gasteiger partial charge in [-0.25, -0.2) is 4.79 Å². The van der Waals surface area contributed by atoms with Crippen molar-refractivity contribution in [2.45, 2.75) is 32.9 Å². The maximum Gasteiger partial charge on any atom is 0.328 e. The predicted molar refractivity (Wildman–Crippen MR) is 63.3 cm³/mol. The molecule has 100 valence electrons. The number of aromatic nitrogens is 2. The first-order valence-electron chi connectivity index (χ1n) is 5.74. The molecular formula is C11H17N3O4. The summed E-state index contributed by atoms with van der Waals surface area (Å²) < 4.78 is 1.50. The predicted octanol–water partition coefficient (Wildman–Crippen LogP) is -0.359. The Bertz CT molecular complexity index is 441. The molecular weight excluding hydrogens is 238 g/mol. The van der Waals surface area contributed by atoms with Crippen molar-refractivity contribution in [1.29, 1.82) is 0 Å². The molecule has 0 saturated heterocycles. The van der Waals surface area contributed by atoms with Gasteiger partial charge >= 0.3 is 5.97 Å². The Morgan fingerprint density at radius 3 is 2.61 bits per heavy atom. The van der Waals surface area contributed by atoms with E-state index >= 15 is 0 Å². The number of aliphatic hydroxyl groups excluding tert-OH is 1. The number of nitrogens with zero attached hydrogens (tertiary/aromatic N) is 2. The first-order valence-corrected chi connectivity index (χ1v) is 5.74. The van der Waals surface area contributed by atoms with E-state index < -0.39 is 24.5 Å². The van der Waals surface area contributed by atoms with E-state index in [9.17, 15) is 9.59 Å². The molecule has 0 bridgehead atoms. The molecule has 1 amide bonds. The molecule has 0 aromatic carbocycles. The number of carboxylic acids is 1. The number of rotatable bonds is 6. The number of aliphatic carboxylic acids is 1. The fourth-order valence-corrected chi connectivity index (χ4v) is 1.48. The van der Waals surface area contributed by atoms with Gasteiger partial charge in [0, 0.05) is 6.54 Å². The Hall–Kier alpha value is -1.89. The summed E-state index contributed by atoms with van der Waals surface area (Å²) in [4.78, 5) is 22.6. The molecule has 3 N–H and O–H groups in total. The average molecular weight is 255 g/mol. The van der Waals surface area contributed by atoms with Crippen LogP contribution in [0.1, 0.15) is 30.0 Å². The molecule has 1 aromatic rings. The Morgan fingerprint density at radius 2 is 2.17 bits per heavy atom. The van der Waals surface area contributed by atoms with Gasteiger partial charge in [-0.3, -0.25) is 9.48 Å². The van der Waals surface area contributed by atoms with E-state index in [4.69, 9.17) is 10.2 Å². The average Bonchev–Trinajstić information content (AvgIpc) is 2.78. The summed E-state index contributed by atoms with van der Waals surface area (Å²) in [5.41, 5.74) is 1.06. The third kappa shape index (κ3) is 3.07. The number of aliphatic hydroxyl groups is 1. The minimum Gasteiger partial charge on any atom is -0.480 e. The number of hydrogen-bond acceptors (Lipinski definition) is 4. The fourth-order valence-electron chi connectivity index (χ4n) is 1.48. The minimum absolute atomic E-state index is 0.300. The molecule has 0 saturated carbocycles. The molecule has 7 heteroatoms. The smallest absolute Gasteiger partial charge is 0.328 e. The summed E-state index contributed by atoms with van der Waals surface area (Å²) >= 11 is 0. The van der Waals surface area contributed by atoms with Crippen molar-refractivity contribution in [3.8, 4) is 0 Å². The van der Waals surface area contributed by atoms with Crippen LogP contribution in [0.4, 0.5) is 0 Å². The van der Waals surface area contributed by atoms with Crippen LogP contribution in [-0.2, 0) is 17.8 Å². The first kappa shape index (κ1) is 14.2. The van der Waals surface area contributed by atoms with Crippen molar-refractivity contribution >= 4 is 11.9 Å². The third-order valence-electron chi connectivity index (χ3n) is 2.51. The van der Waals surface area contributed by atoms with Gasteiger partial charge in [0.15, 0.2) is 6.04 Å². The van der Waals surface area contributed by atoms with Crippen molar-refractivity contribution < 1.29 is 19.8 Å². The van der Waals surface area contributed by atoms with Gasteiger partial charge in [-0.05, 0) is 19.4 Å². The van der Waals surface area contributed by atoms with Gasteiger partial charge < -0.3 is 15.5 Å². The highest BCUT2D eigenvalue weighted by Crippen LogP contribution is 2.06. The van der Waals surface area contributed by atoms with E-state index in [-0.39, 0.29) is 0 Å². The second-order valence-corrected chi connectivity index (χ2v) is 3.74. The normalized spacial score (nSPS) is 12.2. The Morgan fingerprint density at radius 1 is 1.50 bits per heavy atom. The SMILES string of the molecule is CCc1cc(C(=O)N[C@@H](CO)C(=O)O)n(CC)n1. The minimum atomic E-state index is -1.30. The van der Waals surface area contributed by atoms with Crippen molar-refractivity contribution in [2.24, 2.45) is 0 Å². The van der Waals surface area contributed by atoms with Crippen LogP contribution in [0.2, 0.25) is 0 Å². The molecule has 0 spiro atoms. The lowest BCUT2D eigenvalue weighted by atomic mass is 10.2. The summed E-state index contributed by atoms with van der Waals surface area (Å²) in [5, 5.41) is 24.0. The van der Waals surface area contributed by atoms with Crippen molar-refractivity contribution in [3.63, 3.8) is 0 Å². The van der Waals surface area contributed by atoms with Crippen LogP contribution in [0.3, 0.4) is 0 Å². The lowest BCUT2D eigenvalue weighted by Crippen LogP contribution is -2.43. The number of amides is 1. The molecule has 1 rings (SSSR count). The van der Waals surface area contributed by atoms with E-state index in [0.29, 0.717) is 18.7 Å². The summed E-state index contributed by atoms with van der Waals surface area (Å²) in [6.07, 6.45) is 0.690. The van der Waals surface area contributed by atoms with Gasteiger partial charge in [0.2, 0.25) is 0 Å². The first-order chi connectivity index (χ1) is 8.53. The van der Waals surface area contributed by atoms with E-state index in [0.717, 1.165) is 5.69 Å². The highest BCUT2D eigenvalue weighted by molar-refractivity contribution is 5.95. The summed E-state index contributed by atoms with van der Waals surface area (Å²) in [6, 6.07) is 0.317. The number of carbonyl (C=O) groups is 2. The van der Waals surface area contributed by atoms with E-state index in [1.54, 1.807) is 6.07 Å². The Balaban J connectivity index is 2.89. The van der Waals surface area contributed by atoms with Gasteiger partial charge in [-0.1, -0.05) is 6.92 Å². The van der Waals surface area contributed by atoms with Gasteiger partial charge in [-0.2, -0.15) is 5.10 Å². The zero-order valence-electron chi connectivity index (χ0n) is 10.4. The second kappa shape index (κ2) is 6.15. The number of carbonyl (C=O) groups excluding carboxylic acids is 1. The maximum atomic E-state index is 11.9. The Labute approximate surface area is 104 Å². The van der Waals surface area contributed by atoms with Gasteiger partial charge in [0.1, 0.15) is 5.69 Å². The third-order valence-corrected chi connectivity index (χ3v) is 2.51. The zero-order valence-corrected chi connectivity index (χ0v) is 10.4. The lowest BCUT2D eigenvalue weighted by Gasteiger charge is -2.11. The van der Waals surface area contributed by atoms with Crippen LogP contribution in [0, 0.1) is 0 Å². The van der Waals surface area contributed by atoms with Crippen LogP contribution < -0.4 is 5.32 Å². The molecule has 1 atom stereocenters. The molecule has 0 fully saturated rings. The molecule has 0 aliphatic rings. The van der Waals surface area contributed by atoms with Crippen molar-refractivity contribution in [1.82, 2.24) is 15.1 Å². The number of nitrogens with one attached hydrogen (secondary N) is 1. The monoisotopic (exact) mass is 255 g/mol. The number of aryl methyl sites for hydroxylation is 2. The standard InChI is InChI=1S/C11H17N3O4/c1-3-7-5-9(14(4-2)13-7)10(16)12-8(6-15)11(17)18/h5,8,15H,3-4,6H2,1-2H3,(H,12,16)(H,17,18)/t8-/m0/s1. The molecule has 0 aliphatic heterocycles. The van der Waals surface area contributed by atoms with Gasteiger partial charge in [0.25, 0.3) is 5.91 Å². The van der Waals surface area contributed by atoms with Crippen molar-refractivity contribution in [2.75, 3.05) is 6.61 Å². The highest BCUT2D eigenvalue weighted by Gasteiger charge is 2.22. The van der Waals surface area contributed by atoms with Crippen molar-refractivity contribution in [3.05, 3.63) is 17.5 Å². The van der Waals surface area contributed by atoms with E-state index in [1.165, 1.54) is 4.68 Å². The van der Waals surface area contributed by atoms with Gasteiger partial charge in [-0.15, -0.1) is 0 Å². The molecule has 0 radical (unpaired) electrons. The summed E-state index contributed by atoms with van der Waals surface area (Å²) in [6.45, 7) is 3.61. The molecule has 7 nitrogen and oxygen atoms in total. The maximum absolute atomic E-state index is 11.9. The zero-order chi connectivity index (χ0) is 13.7. The van der Waals surface area contributed by atoms with Crippen LogP contribution in [0.5, 0.6) is 0 Å². The molecule has 0 aliphatic carbocycles. The van der Waals surface area contributed by atoms with Crippen LogP contribution in [-0.4, -0.2) is 44.5 Å². The Kier molecular flexibility index (Phi) is 4.85. The van der Waals surface area contributed by atoms with Crippen LogP contribution >= 0.6 is 0 Å². The molecule has 18 heavy (non-hydrogen) atoms. The van der Waals surface area contributed by atoms with Crippen LogP contribution in [0.15, 0.2) is 6.07 Å². The quantitative estimate of drug-likeness (QED) is 0.644. The fraction of sp³-hybridized carbons (Fsp3) is 0.545. The van der Waals surface area contributed by atoms with E-state index in [2.05, 4.69) is 10.4 Å². The topological polar surface area (TPSA) is 104 Å². The molecule has 0 unspecified atom stereocenters. The lowest BCUT2D eigenvalue weighted by molar-refractivity contribution is -0.140. The summed E-state index contributed by atoms with van der Waals surface area (Å²) in [7, 11) is 0. The number of hydrogen-bond donors (Lipinski definition) is 3. The van der Waals surface area contributed by atoms with E-state index in [1.807, 2.05) is 13.8 Å². The highest BCUT2D eigenvalue weighted by atomic mass is 16.4. The molecule has 1 heterocycles. The largest absolute Gasteiger partial charge is 0.480 e.